The molecule has 4 atom stereocenters. The first-order valence-corrected chi connectivity index (χ1v) is 16.7. The number of halogens is 1. The summed E-state index contributed by atoms with van der Waals surface area (Å²) in [5.74, 6) is -0.174. The normalized spacial score (nSPS) is 22.9. The van der Waals surface area contributed by atoms with Crippen molar-refractivity contribution in [2.75, 3.05) is 44.2 Å². The first-order chi connectivity index (χ1) is 21.8. The SMILES string of the molecule is C[C@H]1CN(Cc2ccccc2N2CCN(C(=O)[C@@H](Cc3ccc(Cl)cc3)NC(=O)[C@H]3Cc4ccccc4CN3)CC2)[C@@H](C)CN1. The van der Waals surface area contributed by atoms with Crippen LogP contribution in [-0.4, -0.2) is 85.1 Å². The van der Waals surface area contributed by atoms with Crippen molar-refractivity contribution in [1.82, 2.24) is 25.8 Å². The summed E-state index contributed by atoms with van der Waals surface area (Å²) in [6.45, 7) is 10.8. The summed E-state index contributed by atoms with van der Waals surface area (Å²) in [5, 5.41) is 10.7. The number of nitrogens with zero attached hydrogens (tertiary/aromatic N) is 3. The minimum absolute atomic E-state index is 0.0360. The lowest BCUT2D eigenvalue weighted by molar-refractivity contribution is -0.137. The molecule has 3 N–H and O–H groups in total. The van der Waals surface area contributed by atoms with Gasteiger partial charge in [-0.2, -0.15) is 0 Å². The zero-order chi connectivity index (χ0) is 31.3. The molecule has 0 bridgehead atoms. The van der Waals surface area contributed by atoms with E-state index in [1.165, 1.54) is 22.4 Å². The molecule has 3 aromatic rings. The topological polar surface area (TPSA) is 80.0 Å². The molecule has 6 rings (SSSR count). The highest BCUT2D eigenvalue weighted by atomic mass is 35.5. The van der Waals surface area contributed by atoms with E-state index in [-0.39, 0.29) is 17.9 Å². The molecule has 0 saturated carbocycles. The Bertz CT molecular complexity index is 1470. The molecule has 9 heteroatoms. The number of amides is 2. The second-order valence-electron chi connectivity index (χ2n) is 12.8. The monoisotopic (exact) mass is 628 g/mol. The van der Waals surface area contributed by atoms with Gasteiger partial charge in [0.25, 0.3) is 0 Å². The van der Waals surface area contributed by atoms with E-state index in [1.807, 2.05) is 41.3 Å². The van der Waals surface area contributed by atoms with Gasteiger partial charge in [0.05, 0.1) is 6.04 Å². The molecule has 0 aliphatic carbocycles. The Morgan fingerprint density at radius 2 is 1.62 bits per heavy atom. The third-order valence-corrected chi connectivity index (χ3v) is 9.81. The molecule has 2 fully saturated rings. The van der Waals surface area contributed by atoms with Crippen molar-refractivity contribution in [1.29, 1.82) is 0 Å². The lowest BCUT2D eigenvalue weighted by Gasteiger charge is -2.40. The lowest BCUT2D eigenvalue weighted by atomic mass is 9.95. The Labute approximate surface area is 272 Å². The molecule has 45 heavy (non-hydrogen) atoms. The van der Waals surface area contributed by atoms with Crippen LogP contribution in [0.3, 0.4) is 0 Å². The molecule has 3 aliphatic rings. The number of anilines is 1. The van der Waals surface area contributed by atoms with E-state index in [4.69, 9.17) is 11.6 Å². The molecule has 2 saturated heterocycles. The van der Waals surface area contributed by atoms with Crippen molar-refractivity contribution in [2.24, 2.45) is 0 Å². The fourth-order valence-corrected chi connectivity index (χ4v) is 6.97. The van der Waals surface area contributed by atoms with Crippen LogP contribution >= 0.6 is 11.6 Å². The fourth-order valence-electron chi connectivity index (χ4n) is 6.85. The Hall–Kier alpha value is -3.43. The Kier molecular flexibility index (Phi) is 10.0. The molecule has 2 amide bonds. The second kappa shape index (κ2) is 14.3. The van der Waals surface area contributed by atoms with Gasteiger partial charge in [0, 0.05) is 81.6 Å². The van der Waals surface area contributed by atoms with Crippen LogP contribution in [0, 0.1) is 0 Å². The number of hydrogen-bond donors (Lipinski definition) is 3. The predicted octanol–water partition coefficient (Wildman–Crippen LogP) is 3.61. The summed E-state index contributed by atoms with van der Waals surface area (Å²) in [6.07, 6.45) is 1.02. The van der Waals surface area contributed by atoms with Crippen LogP contribution in [0.15, 0.2) is 72.8 Å². The highest BCUT2D eigenvalue weighted by Crippen LogP contribution is 2.25. The van der Waals surface area contributed by atoms with Crippen LogP contribution in [0.25, 0.3) is 0 Å². The van der Waals surface area contributed by atoms with Crippen molar-refractivity contribution < 1.29 is 9.59 Å². The average molecular weight is 629 g/mol. The summed E-state index contributed by atoms with van der Waals surface area (Å²) in [5.41, 5.74) is 5.93. The first kappa shape index (κ1) is 31.5. The third kappa shape index (κ3) is 7.69. The zero-order valence-electron chi connectivity index (χ0n) is 26.3. The highest BCUT2D eigenvalue weighted by Gasteiger charge is 2.33. The van der Waals surface area contributed by atoms with E-state index in [0.717, 1.165) is 38.3 Å². The molecule has 0 aromatic heterocycles. The minimum Gasteiger partial charge on any atom is -0.368 e. The molecule has 0 radical (unpaired) electrons. The molecule has 8 nitrogen and oxygen atoms in total. The molecular formula is C36H45ClN6O2. The van der Waals surface area contributed by atoms with Crippen LogP contribution in [0.1, 0.15) is 36.1 Å². The minimum atomic E-state index is -0.660. The van der Waals surface area contributed by atoms with Crippen LogP contribution in [-0.2, 0) is 35.5 Å². The summed E-state index contributed by atoms with van der Waals surface area (Å²) in [6, 6.07) is 24.3. The molecule has 238 valence electrons. The van der Waals surface area contributed by atoms with Crippen molar-refractivity contribution in [3.63, 3.8) is 0 Å². The number of carbonyl (C=O) groups excluding carboxylic acids is 2. The molecule has 3 heterocycles. The maximum absolute atomic E-state index is 14.1. The lowest BCUT2D eigenvalue weighted by Crippen LogP contribution is -2.58. The third-order valence-electron chi connectivity index (χ3n) is 9.56. The molecule has 3 aromatic carbocycles. The maximum atomic E-state index is 14.1. The van der Waals surface area contributed by atoms with Gasteiger partial charge in [0.1, 0.15) is 6.04 Å². The van der Waals surface area contributed by atoms with E-state index in [9.17, 15) is 9.59 Å². The molecule has 0 unspecified atom stereocenters. The zero-order valence-corrected chi connectivity index (χ0v) is 27.1. The fraction of sp³-hybridized carbons (Fsp3) is 0.444. The number of hydrogen-bond acceptors (Lipinski definition) is 6. The van der Waals surface area contributed by atoms with Crippen molar-refractivity contribution in [3.05, 3.63) is 100 Å². The Morgan fingerprint density at radius 3 is 2.40 bits per heavy atom. The van der Waals surface area contributed by atoms with Gasteiger partial charge in [-0.1, -0.05) is 66.2 Å². The molecule has 0 spiro atoms. The van der Waals surface area contributed by atoms with Gasteiger partial charge < -0.3 is 25.8 Å². The molecule has 3 aliphatic heterocycles. The van der Waals surface area contributed by atoms with Gasteiger partial charge in [-0.15, -0.1) is 0 Å². The summed E-state index contributed by atoms with van der Waals surface area (Å²) in [7, 11) is 0. The van der Waals surface area contributed by atoms with Gasteiger partial charge in [0.15, 0.2) is 0 Å². The van der Waals surface area contributed by atoms with Crippen LogP contribution in [0.4, 0.5) is 5.69 Å². The van der Waals surface area contributed by atoms with E-state index in [0.29, 0.717) is 49.6 Å². The number of benzene rings is 3. The Balaban J connectivity index is 1.12. The predicted molar refractivity (Wildman–Crippen MR) is 180 cm³/mol. The quantitative estimate of drug-likeness (QED) is 0.354. The number of fused-ring (bicyclic) bond motifs is 1. The van der Waals surface area contributed by atoms with Gasteiger partial charge in [-0.05, 0) is 60.7 Å². The summed E-state index contributed by atoms with van der Waals surface area (Å²) >= 11 is 6.14. The van der Waals surface area contributed by atoms with Gasteiger partial charge >= 0.3 is 0 Å². The van der Waals surface area contributed by atoms with Crippen molar-refractivity contribution in [3.8, 4) is 0 Å². The maximum Gasteiger partial charge on any atom is 0.245 e. The number of piperazine rings is 2. The average Bonchev–Trinajstić information content (AvgIpc) is 3.07. The van der Waals surface area contributed by atoms with Gasteiger partial charge in [0.2, 0.25) is 11.8 Å². The van der Waals surface area contributed by atoms with E-state index in [1.54, 1.807) is 0 Å². The summed E-state index contributed by atoms with van der Waals surface area (Å²) < 4.78 is 0. The van der Waals surface area contributed by atoms with Crippen LogP contribution < -0.4 is 20.9 Å². The van der Waals surface area contributed by atoms with Crippen LogP contribution in [0.5, 0.6) is 0 Å². The van der Waals surface area contributed by atoms with Gasteiger partial charge in [-0.25, -0.2) is 0 Å². The van der Waals surface area contributed by atoms with Crippen molar-refractivity contribution >= 4 is 29.1 Å². The smallest absolute Gasteiger partial charge is 0.245 e. The standard InChI is InChI=1S/C36H45ClN6O2/c1-25-23-43(26(2)21-38-25)24-30-9-5-6-10-34(30)41-15-17-42(18-16-41)36(45)33(19-27-11-13-31(37)14-12-27)40-35(44)32-20-28-7-3-4-8-29(28)22-39-32/h3-14,25-26,32-33,38-39H,15-24H2,1-2H3,(H,40,44)/t25-,26-,32+,33+/m0/s1. The number of rotatable bonds is 8. The number of nitrogens with one attached hydrogen (secondary N) is 3. The highest BCUT2D eigenvalue weighted by molar-refractivity contribution is 6.30. The first-order valence-electron chi connectivity index (χ1n) is 16.3. The number of carbonyl (C=O) groups is 2. The van der Waals surface area contributed by atoms with E-state index in [2.05, 4.69) is 76.0 Å². The largest absolute Gasteiger partial charge is 0.368 e. The van der Waals surface area contributed by atoms with Crippen LogP contribution in [0.2, 0.25) is 5.02 Å². The Morgan fingerprint density at radius 1 is 0.911 bits per heavy atom. The van der Waals surface area contributed by atoms with E-state index >= 15 is 0 Å². The second-order valence-corrected chi connectivity index (χ2v) is 13.3. The number of para-hydroxylation sites is 1. The van der Waals surface area contributed by atoms with Gasteiger partial charge in [-0.3, -0.25) is 14.5 Å². The van der Waals surface area contributed by atoms with Crippen molar-refractivity contribution in [2.45, 2.75) is 63.9 Å². The summed E-state index contributed by atoms with van der Waals surface area (Å²) in [4.78, 5) is 34.5. The van der Waals surface area contributed by atoms with E-state index < -0.39 is 6.04 Å². The molecular weight excluding hydrogens is 584 g/mol.